The van der Waals surface area contributed by atoms with Gasteiger partial charge < -0.3 is 14.8 Å². The monoisotopic (exact) mass is 369 g/mol. The number of carbonyl (C=O) groups excluding carboxylic acids is 3. The fourth-order valence-electron chi connectivity index (χ4n) is 2.31. The molecule has 0 saturated carbocycles. The van der Waals surface area contributed by atoms with E-state index in [1.807, 2.05) is 0 Å². The van der Waals surface area contributed by atoms with Crippen LogP contribution in [0.3, 0.4) is 0 Å². The van der Waals surface area contributed by atoms with Gasteiger partial charge in [0.25, 0.3) is 5.91 Å². The number of nitrogens with one attached hydrogen (secondary N) is 1. The Hall–Kier alpha value is -2.42. The minimum absolute atomic E-state index is 0.0465. The maximum absolute atomic E-state index is 11.6. The molecule has 2 rings (SSSR count). The van der Waals surface area contributed by atoms with Crippen molar-refractivity contribution in [2.45, 2.75) is 19.4 Å². The van der Waals surface area contributed by atoms with Gasteiger partial charge >= 0.3 is 5.97 Å². The number of Topliss-reactive ketones (excluding diaryl/α,β-unsaturated/α-hetero) is 1. The van der Waals surface area contributed by atoms with Crippen LogP contribution < -0.4 is 10.1 Å². The first-order chi connectivity index (χ1) is 11.7. The van der Waals surface area contributed by atoms with E-state index in [1.54, 1.807) is 18.2 Å². The molecule has 0 bridgehead atoms. The summed E-state index contributed by atoms with van der Waals surface area (Å²) in [5.41, 5.74) is 0.455. The standard InChI is InChI=1S/C16H19NO7S/c1-11(18)12-3-2-4-14(7-12)23-9-16(20)24-8-15(19)17-13-5-6-25(21,22)10-13/h2-4,7,13H,5-6,8-10H2,1H3,(H,17,19)/t13-/m0/s1. The number of rotatable bonds is 7. The summed E-state index contributed by atoms with van der Waals surface area (Å²) in [6.07, 6.45) is 0.359. The molecule has 1 fully saturated rings. The van der Waals surface area contributed by atoms with Crippen molar-refractivity contribution >= 4 is 27.5 Å². The van der Waals surface area contributed by atoms with Gasteiger partial charge in [0.15, 0.2) is 28.8 Å². The van der Waals surface area contributed by atoms with E-state index in [2.05, 4.69) is 5.32 Å². The lowest BCUT2D eigenvalue weighted by molar-refractivity contribution is -0.150. The molecule has 1 aromatic rings. The zero-order valence-corrected chi connectivity index (χ0v) is 14.5. The van der Waals surface area contributed by atoms with Crippen molar-refractivity contribution in [3.05, 3.63) is 29.8 Å². The summed E-state index contributed by atoms with van der Waals surface area (Å²) in [5, 5.41) is 2.51. The summed E-state index contributed by atoms with van der Waals surface area (Å²) < 4.78 is 32.6. The van der Waals surface area contributed by atoms with E-state index in [0.717, 1.165) is 0 Å². The molecule has 136 valence electrons. The number of carbonyl (C=O) groups is 3. The van der Waals surface area contributed by atoms with Gasteiger partial charge in [-0.05, 0) is 25.5 Å². The van der Waals surface area contributed by atoms with Crippen molar-refractivity contribution in [1.82, 2.24) is 5.32 Å². The van der Waals surface area contributed by atoms with Crippen LogP contribution >= 0.6 is 0 Å². The van der Waals surface area contributed by atoms with E-state index < -0.39 is 41.0 Å². The highest BCUT2D eigenvalue weighted by Crippen LogP contribution is 2.14. The van der Waals surface area contributed by atoms with Gasteiger partial charge in [0.1, 0.15) is 5.75 Å². The average molecular weight is 369 g/mol. The lowest BCUT2D eigenvalue weighted by Crippen LogP contribution is -2.38. The van der Waals surface area contributed by atoms with Crippen molar-refractivity contribution < 1.29 is 32.3 Å². The smallest absolute Gasteiger partial charge is 0.344 e. The number of amides is 1. The molecule has 1 aromatic carbocycles. The molecule has 1 heterocycles. The summed E-state index contributed by atoms with van der Waals surface area (Å²) in [6, 6.07) is 5.90. The van der Waals surface area contributed by atoms with Crippen LogP contribution in [0.15, 0.2) is 24.3 Å². The van der Waals surface area contributed by atoms with Crippen molar-refractivity contribution in [3.8, 4) is 5.75 Å². The van der Waals surface area contributed by atoms with Gasteiger partial charge in [0.2, 0.25) is 0 Å². The number of benzene rings is 1. The highest BCUT2D eigenvalue weighted by atomic mass is 32.2. The van der Waals surface area contributed by atoms with Gasteiger partial charge in [0, 0.05) is 11.6 Å². The Morgan fingerprint density at radius 2 is 2.00 bits per heavy atom. The van der Waals surface area contributed by atoms with Crippen LogP contribution in [0.1, 0.15) is 23.7 Å². The van der Waals surface area contributed by atoms with E-state index in [-0.39, 0.29) is 17.3 Å². The second kappa shape index (κ2) is 8.11. The Morgan fingerprint density at radius 1 is 1.24 bits per heavy atom. The molecule has 0 radical (unpaired) electrons. The Balaban J connectivity index is 1.71. The Morgan fingerprint density at radius 3 is 2.64 bits per heavy atom. The molecule has 0 unspecified atom stereocenters. The van der Waals surface area contributed by atoms with Crippen LogP contribution in [-0.4, -0.2) is 56.8 Å². The van der Waals surface area contributed by atoms with Crippen molar-refractivity contribution in [2.75, 3.05) is 24.7 Å². The SMILES string of the molecule is CC(=O)c1cccc(OCC(=O)OCC(=O)N[C@H]2CCS(=O)(=O)C2)c1. The normalized spacial score (nSPS) is 18.4. The van der Waals surface area contributed by atoms with Crippen LogP contribution in [0.4, 0.5) is 0 Å². The lowest BCUT2D eigenvalue weighted by Gasteiger charge is -2.11. The number of ether oxygens (including phenoxy) is 2. The predicted molar refractivity (Wildman–Crippen MR) is 88.1 cm³/mol. The van der Waals surface area contributed by atoms with Crippen molar-refractivity contribution in [2.24, 2.45) is 0 Å². The molecule has 1 atom stereocenters. The van der Waals surface area contributed by atoms with Gasteiger partial charge in [0.05, 0.1) is 11.5 Å². The molecule has 25 heavy (non-hydrogen) atoms. The van der Waals surface area contributed by atoms with Crippen LogP contribution in [0.2, 0.25) is 0 Å². The van der Waals surface area contributed by atoms with Crippen LogP contribution in [-0.2, 0) is 24.2 Å². The molecule has 1 saturated heterocycles. The Kier molecular flexibility index (Phi) is 6.13. The van der Waals surface area contributed by atoms with E-state index >= 15 is 0 Å². The fourth-order valence-corrected chi connectivity index (χ4v) is 3.99. The molecule has 1 aliphatic heterocycles. The lowest BCUT2D eigenvalue weighted by atomic mass is 10.1. The first-order valence-corrected chi connectivity index (χ1v) is 9.46. The van der Waals surface area contributed by atoms with Crippen LogP contribution in [0.5, 0.6) is 5.75 Å². The molecule has 8 nitrogen and oxygen atoms in total. The second-order valence-corrected chi connectivity index (χ2v) is 7.93. The quantitative estimate of drug-likeness (QED) is 0.536. The minimum atomic E-state index is -3.09. The van der Waals surface area contributed by atoms with E-state index in [4.69, 9.17) is 9.47 Å². The summed E-state index contributed by atoms with van der Waals surface area (Å²) in [6.45, 7) is 0.500. The molecule has 1 aliphatic rings. The molecular formula is C16H19NO7S. The van der Waals surface area contributed by atoms with Crippen LogP contribution in [0.25, 0.3) is 0 Å². The van der Waals surface area contributed by atoms with Gasteiger partial charge in [-0.3, -0.25) is 9.59 Å². The average Bonchev–Trinajstić information content (AvgIpc) is 2.89. The van der Waals surface area contributed by atoms with Crippen molar-refractivity contribution in [3.63, 3.8) is 0 Å². The highest BCUT2D eigenvalue weighted by molar-refractivity contribution is 7.91. The van der Waals surface area contributed by atoms with Crippen molar-refractivity contribution in [1.29, 1.82) is 0 Å². The first-order valence-electron chi connectivity index (χ1n) is 7.64. The molecule has 1 amide bonds. The number of hydrogen-bond acceptors (Lipinski definition) is 7. The van der Waals surface area contributed by atoms with E-state index in [1.165, 1.54) is 13.0 Å². The number of esters is 1. The van der Waals surface area contributed by atoms with Gasteiger partial charge in [-0.15, -0.1) is 0 Å². The Bertz CT molecular complexity index is 772. The third-order valence-electron chi connectivity index (χ3n) is 3.56. The minimum Gasteiger partial charge on any atom is -0.482 e. The number of ketones is 1. The van der Waals surface area contributed by atoms with Gasteiger partial charge in [-0.1, -0.05) is 12.1 Å². The zero-order chi connectivity index (χ0) is 18.4. The number of sulfone groups is 1. The topological polar surface area (TPSA) is 116 Å². The fraction of sp³-hybridized carbons (Fsp3) is 0.438. The molecule has 1 N–H and O–H groups in total. The Labute approximate surface area is 145 Å². The molecular weight excluding hydrogens is 350 g/mol. The summed E-state index contributed by atoms with van der Waals surface area (Å²) in [5.74, 6) is -1.15. The maximum atomic E-state index is 11.6. The predicted octanol–water partition coefficient (Wildman–Crippen LogP) is 0.115. The molecule has 0 aromatic heterocycles. The third kappa shape index (κ3) is 6.18. The largest absolute Gasteiger partial charge is 0.482 e. The maximum Gasteiger partial charge on any atom is 0.344 e. The van der Waals surface area contributed by atoms with E-state index in [0.29, 0.717) is 17.7 Å². The molecule has 9 heteroatoms. The first kappa shape index (κ1) is 18.9. The number of hydrogen-bond donors (Lipinski definition) is 1. The summed E-state index contributed by atoms with van der Waals surface area (Å²) in [4.78, 5) is 34.5. The van der Waals surface area contributed by atoms with Gasteiger partial charge in [-0.25, -0.2) is 13.2 Å². The second-order valence-electron chi connectivity index (χ2n) is 5.70. The van der Waals surface area contributed by atoms with E-state index in [9.17, 15) is 22.8 Å². The third-order valence-corrected chi connectivity index (χ3v) is 5.33. The zero-order valence-electron chi connectivity index (χ0n) is 13.7. The van der Waals surface area contributed by atoms with Crippen LogP contribution in [0, 0.1) is 0 Å². The van der Waals surface area contributed by atoms with Gasteiger partial charge in [-0.2, -0.15) is 0 Å². The highest BCUT2D eigenvalue weighted by Gasteiger charge is 2.29. The summed E-state index contributed by atoms with van der Waals surface area (Å²) >= 11 is 0. The molecule has 0 aliphatic carbocycles. The molecule has 0 spiro atoms. The summed E-state index contributed by atoms with van der Waals surface area (Å²) in [7, 11) is -3.09.